The number of likely N-dealkylation sites (tertiary alicyclic amines) is 1. The Kier molecular flexibility index (Phi) is 4.69. The van der Waals surface area contributed by atoms with Gasteiger partial charge in [-0.25, -0.2) is 9.37 Å². The number of piperidine rings is 1. The molecule has 1 aliphatic heterocycles. The van der Waals surface area contributed by atoms with Crippen molar-refractivity contribution in [2.75, 3.05) is 13.1 Å². The van der Waals surface area contributed by atoms with Gasteiger partial charge in [-0.2, -0.15) is 0 Å². The van der Waals surface area contributed by atoms with Crippen LogP contribution in [0.3, 0.4) is 0 Å². The highest BCUT2D eigenvalue weighted by Crippen LogP contribution is 2.22. The molecule has 1 aromatic carbocycles. The van der Waals surface area contributed by atoms with Crippen LogP contribution in [0.5, 0.6) is 0 Å². The first-order chi connectivity index (χ1) is 12.7. The van der Waals surface area contributed by atoms with Gasteiger partial charge in [-0.15, -0.1) is 0 Å². The summed E-state index contributed by atoms with van der Waals surface area (Å²) in [4.78, 5) is 18.9. The number of hydrogen-bond donors (Lipinski definition) is 0. The molecule has 1 aliphatic rings. The third kappa shape index (κ3) is 3.77. The molecule has 134 valence electrons. The fourth-order valence-corrected chi connectivity index (χ4v) is 3.70. The molecule has 1 amide bonds. The summed E-state index contributed by atoms with van der Waals surface area (Å²) < 4.78 is 14.9. The number of aromatic nitrogens is 2. The minimum Gasteiger partial charge on any atom is -0.342 e. The molecule has 0 spiro atoms. The second-order valence-corrected chi connectivity index (χ2v) is 7.04. The number of pyridine rings is 1. The molecule has 4 nitrogen and oxygen atoms in total. The summed E-state index contributed by atoms with van der Waals surface area (Å²) in [5.41, 5.74) is 2.72. The molecule has 0 radical (unpaired) electrons. The van der Waals surface area contributed by atoms with Gasteiger partial charge in [0.15, 0.2) is 0 Å². The fraction of sp³-hybridized carbons (Fsp3) is 0.333. The summed E-state index contributed by atoms with van der Waals surface area (Å²) in [6.07, 6.45) is 6.55. The van der Waals surface area contributed by atoms with Crippen molar-refractivity contribution in [2.24, 2.45) is 5.92 Å². The highest BCUT2D eigenvalue weighted by atomic mass is 19.1. The molecule has 3 aromatic rings. The van der Waals surface area contributed by atoms with Gasteiger partial charge in [-0.05, 0) is 42.9 Å². The highest BCUT2D eigenvalue weighted by Gasteiger charge is 2.23. The van der Waals surface area contributed by atoms with Gasteiger partial charge in [-0.1, -0.05) is 30.3 Å². The van der Waals surface area contributed by atoms with E-state index in [9.17, 15) is 9.18 Å². The molecule has 2 aromatic heterocycles. The summed E-state index contributed by atoms with van der Waals surface area (Å²) in [5, 5.41) is 0. The van der Waals surface area contributed by atoms with E-state index in [0.717, 1.165) is 32.4 Å². The van der Waals surface area contributed by atoms with Gasteiger partial charge in [0, 0.05) is 25.5 Å². The van der Waals surface area contributed by atoms with E-state index in [0.29, 0.717) is 17.3 Å². The number of hydrogen-bond acceptors (Lipinski definition) is 2. The zero-order valence-corrected chi connectivity index (χ0v) is 14.6. The zero-order valence-electron chi connectivity index (χ0n) is 14.6. The molecular weight excluding hydrogens is 329 g/mol. The number of amides is 1. The van der Waals surface area contributed by atoms with Crippen LogP contribution in [0, 0.1) is 11.7 Å². The summed E-state index contributed by atoms with van der Waals surface area (Å²) in [6.45, 7) is 1.61. The highest BCUT2D eigenvalue weighted by molar-refractivity contribution is 5.78. The third-order valence-corrected chi connectivity index (χ3v) is 5.13. The minimum atomic E-state index is -0.312. The maximum Gasteiger partial charge on any atom is 0.228 e. The molecule has 3 heterocycles. The second-order valence-electron chi connectivity index (χ2n) is 7.04. The summed E-state index contributed by atoms with van der Waals surface area (Å²) in [5.74, 6) is 0.430. The molecule has 0 aliphatic carbocycles. The van der Waals surface area contributed by atoms with E-state index < -0.39 is 0 Å². The van der Waals surface area contributed by atoms with Crippen LogP contribution < -0.4 is 0 Å². The van der Waals surface area contributed by atoms with Gasteiger partial charge in [0.25, 0.3) is 0 Å². The first-order valence-electron chi connectivity index (χ1n) is 9.12. The van der Waals surface area contributed by atoms with E-state index >= 15 is 0 Å². The average molecular weight is 351 g/mol. The number of imidazole rings is 1. The van der Waals surface area contributed by atoms with Crippen molar-refractivity contribution < 1.29 is 9.18 Å². The minimum absolute atomic E-state index is 0.104. The van der Waals surface area contributed by atoms with Crippen molar-refractivity contribution in [1.82, 2.24) is 14.3 Å². The number of benzene rings is 1. The van der Waals surface area contributed by atoms with Gasteiger partial charge < -0.3 is 9.30 Å². The molecular formula is C21H22FN3O. The topological polar surface area (TPSA) is 37.6 Å². The standard InChI is InChI=1S/C21H22FN3O/c22-18-6-7-20-23-19(15-25(20)14-18)13-21(26)24-10-8-17(9-11-24)12-16-4-2-1-3-5-16/h1-7,14-15,17H,8-13H2. The normalized spacial score (nSPS) is 15.5. The summed E-state index contributed by atoms with van der Waals surface area (Å²) in [7, 11) is 0. The van der Waals surface area contributed by atoms with E-state index in [2.05, 4.69) is 29.2 Å². The Morgan fingerprint density at radius 3 is 2.62 bits per heavy atom. The second kappa shape index (κ2) is 7.28. The number of rotatable bonds is 4. The van der Waals surface area contributed by atoms with Crippen LogP contribution >= 0.6 is 0 Å². The smallest absolute Gasteiger partial charge is 0.228 e. The summed E-state index contributed by atoms with van der Waals surface area (Å²) >= 11 is 0. The van der Waals surface area contributed by atoms with Crippen molar-refractivity contribution in [2.45, 2.75) is 25.7 Å². The van der Waals surface area contributed by atoms with Crippen LogP contribution in [-0.2, 0) is 17.6 Å². The fourth-order valence-electron chi connectivity index (χ4n) is 3.70. The van der Waals surface area contributed by atoms with Crippen molar-refractivity contribution in [3.05, 3.63) is 71.9 Å². The van der Waals surface area contributed by atoms with Crippen molar-refractivity contribution in [3.8, 4) is 0 Å². The van der Waals surface area contributed by atoms with E-state index in [4.69, 9.17) is 0 Å². The monoisotopic (exact) mass is 351 g/mol. The van der Waals surface area contributed by atoms with Crippen LogP contribution in [0.4, 0.5) is 4.39 Å². The van der Waals surface area contributed by atoms with Gasteiger partial charge in [0.2, 0.25) is 5.91 Å². The van der Waals surface area contributed by atoms with Crippen molar-refractivity contribution >= 4 is 11.6 Å². The average Bonchev–Trinajstić information content (AvgIpc) is 3.04. The quantitative estimate of drug-likeness (QED) is 0.721. The van der Waals surface area contributed by atoms with Gasteiger partial charge >= 0.3 is 0 Å². The summed E-state index contributed by atoms with van der Waals surface area (Å²) in [6, 6.07) is 13.5. The Bertz CT molecular complexity index is 898. The van der Waals surface area contributed by atoms with Crippen LogP contribution in [0.2, 0.25) is 0 Å². The van der Waals surface area contributed by atoms with Gasteiger partial charge in [0.05, 0.1) is 12.1 Å². The van der Waals surface area contributed by atoms with E-state index in [1.807, 2.05) is 11.0 Å². The van der Waals surface area contributed by atoms with E-state index in [1.165, 1.54) is 17.8 Å². The number of carbonyl (C=O) groups excluding carboxylic acids is 1. The number of halogens is 1. The first kappa shape index (κ1) is 16.8. The number of carbonyl (C=O) groups is 1. The predicted molar refractivity (Wildman–Crippen MR) is 98.3 cm³/mol. The van der Waals surface area contributed by atoms with Crippen LogP contribution in [0.1, 0.15) is 24.1 Å². The predicted octanol–water partition coefficient (Wildman–Crippen LogP) is 3.50. The van der Waals surface area contributed by atoms with Crippen molar-refractivity contribution in [3.63, 3.8) is 0 Å². The van der Waals surface area contributed by atoms with Gasteiger partial charge in [0.1, 0.15) is 11.5 Å². The maximum atomic E-state index is 13.3. The molecule has 0 saturated carbocycles. The van der Waals surface area contributed by atoms with Crippen LogP contribution in [0.25, 0.3) is 5.65 Å². The third-order valence-electron chi connectivity index (χ3n) is 5.13. The SMILES string of the molecule is O=C(Cc1cn2cc(F)ccc2n1)N1CCC(Cc2ccccc2)CC1. The Hall–Kier alpha value is -2.69. The van der Waals surface area contributed by atoms with Crippen molar-refractivity contribution in [1.29, 1.82) is 0 Å². The molecule has 0 N–H and O–H groups in total. The molecule has 5 heteroatoms. The Balaban J connectivity index is 1.33. The van der Waals surface area contributed by atoms with Gasteiger partial charge in [-0.3, -0.25) is 4.79 Å². The molecule has 0 unspecified atom stereocenters. The van der Waals surface area contributed by atoms with E-state index in [-0.39, 0.29) is 18.1 Å². The number of fused-ring (bicyclic) bond motifs is 1. The Labute approximate surface area is 152 Å². The number of nitrogens with zero attached hydrogens (tertiary/aromatic N) is 3. The largest absolute Gasteiger partial charge is 0.342 e. The maximum absolute atomic E-state index is 13.3. The van der Waals surface area contributed by atoms with E-state index in [1.54, 1.807) is 16.7 Å². The lowest BCUT2D eigenvalue weighted by Gasteiger charge is -2.32. The van der Waals surface area contributed by atoms with Crippen LogP contribution in [0.15, 0.2) is 54.9 Å². The Morgan fingerprint density at radius 2 is 1.85 bits per heavy atom. The zero-order chi connectivity index (χ0) is 17.9. The lowest BCUT2D eigenvalue weighted by atomic mass is 9.90. The molecule has 0 bridgehead atoms. The molecule has 4 rings (SSSR count). The molecule has 0 atom stereocenters. The van der Waals surface area contributed by atoms with Crippen LogP contribution in [-0.4, -0.2) is 33.3 Å². The molecule has 26 heavy (non-hydrogen) atoms. The molecule has 1 saturated heterocycles. The Morgan fingerprint density at radius 1 is 1.08 bits per heavy atom. The lowest BCUT2D eigenvalue weighted by molar-refractivity contribution is -0.131. The first-order valence-corrected chi connectivity index (χ1v) is 9.12. The molecule has 1 fully saturated rings. The lowest BCUT2D eigenvalue weighted by Crippen LogP contribution is -2.39.